The van der Waals surface area contributed by atoms with Crippen molar-refractivity contribution in [3.8, 4) is 5.75 Å². The molecule has 1 unspecified atom stereocenters. The molecule has 0 saturated carbocycles. The lowest BCUT2D eigenvalue weighted by Crippen LogP contribution is -2.39. The first kappa shape index (κ1) is 25.4. The topological polar surface area (TPSA) is 85.5 Å². The number of halogens is 3. The molecule has 182 valence electrons. The van der Waals surface area contributed by atoms with Gasteiger partial charge in [-0.25, -0.2) is 8.42 Å². The number of esters is 1. The molecule has 0 aliphatic heterocycles. The summed E-state index contributed by atoms with van der Waals surface area (Å²) in [4.78, 5) is 14.9. The Morgan fingerprint density at radius 3 is 2.32 bits per heavy atom. The standard InChI is InChI=1S/C24H24F3NO5S/c1-3-32-22(29)15-17-7-4-9-19(13-17)23(34(2,30)31,21-11-6-12-28-21)16-18-8-5-10-20(14-18)33-24(25,26)27/h4-14,28H,3,15-16H2,1-2H3. The molecular formula is C24H24F3NO5S. The summed E-state index contributed by atoms with van der Waals surface area (Å²) in [6, 6.07) is 15.0. The highest BCUT2D eigenvalue weighted by Gasteiger charge is 2.45. The molecule has 1 heterocycles. The first-order chi connectivity index (χ1) is 15.9. The van der Waals surface area contributed by atoms with Gasteiger partial charge in [-0.05, 0) is 47.9 Å². The molecule has 0 amide bonds. The molecule has 1 N–H and O–H groups in total. The molecule has 10 heteroatoms. The van der Waals surface area contributed by atoms with Crippen LogP contribution in [0.15, 0.2) is 66.9 Å². The van der Waals surface area contributed by atoms with Gasteiger partial charge in [-0.15, -0.1) is 13.2 Å². The lowest BCUT2D eigenvalue weighted by atomic mass is 9.87. The first-order valence-corrected chi connectivity index (χ1v) is 12.3. The monoisotopic (exact) mass is 495 g/mol. The number of alkyl halides is 3. The number of rotatable bonds is 9. The lowest BCUT2D eigenvalue weighted by molar-refractivity contribution is -0.274. The molecule has 3 rings (SSSR count). The Morgan fingerprint density at radius 1 is 1.00 bits per heavy atom. The van der Waals surface area contributed by atoms with Crippen LogP contribution in [-0.2, 0) is 37.0 Å². The van der Waals surface area contributed by atoms with Gasteiger partial charge in [-0.1, -0.05) is 36.4 Å². The van der Waals surface area contributed by atoms with Crippen LogP contribution in [0.2, 0.25) is 0 Å². The van der Waals surface area contributed by atoms with Crippen molar-refractivity contribution < 1.29 is 35.9 Å². The van der Waals surface area contributed by atoms with E-state index >= 15 is 0 Å². The summed E-state index contributed by atoms with van der Waals surface area (Å²) in [7, 11) is -3.91. The lowest BCUT2D eigenvalue weighted by Gasteiger charge is -2.32. The van der Waals surface area contributed by atoms with Crippen LogP contribution in [0.25, 0.3) is 0 Å². The summed E-state index contributed by atoms with van der Waals surface area (Å²) in [5, 5.41) is 0. The molecular weight excluding hydrogens is 471 g/mol. The van der Waals surface area contributed by atoms with Gasteiger partial charge in [0.15, 0.2) is 9.84 Å². The average Bonchev–Trinajstić information content (AvgIpc) is 3.25. The highest BCUT2D eigenvalue weighted by Crippen LogP contribution is 2.41. The second-order valence-corrected chi connectivity index (χ2v) is 9.98. The maximum absolute atomic E-state index is 13.4. The number of carbonyl (C=O) groups is 1. The number of sulfone groups is 1. The van der Waals surface area contributed by atoms with Gasteiger partial charge in [-0.3, -0.25) is 4.79 Å². The molecule has 0 fully saturated rings. The molecule has 0 aliphatic rings. The second kappa shape index (κ2) is 9.92. The van der Waals surface area contributed by atoms with E-state index in [1.807, 2.05) is 0 Å². The van der Waals surface area contributed by atoms with Crippen molar-refractivity contribution in [3.63, 3.8) is 0 Å². The molecule has 1 aromatic heterocycles. The number of aromatic amines is 1. The van der Waals surface area contributed by atoms with E-state index in [1.54, 1.807) is 49.5 Å². The summed E-state index contributed by atoms with van der Waals surface area (Å²) >= 11 is 0. The number of ether oxygens (including phenoxy) is 2. The molecule has 0 radical (unpaired) electrons. The van der Waals surface area contributed by atoms with Crippen molar-refractivity contribution >= 4 is 15.8 Å². The number of hydrogen-bond acceptors (Lipinski definition) is 5. The Labute approximate surface area is 195 Å². The summed E-state index contributed by atoms with van der Waals surface area (Å²) in [5.74, 6) is -0.906. The molecule has 34 heavy (non-hydrogen) atoms. The van der Waals surface area contributed by atoms with E-state index < -0.39 is 32.7 Å². The molecule has 0 bridgehead atoms. The fourth-order valence-electron chi connectivity index (χ4n) is 3.93. The summed E-state index contributed by atoms with van der Waals surface area (Å²) < 4.78 is 72.3. The van der Waals surface area contributed by atoms with E-state index in [9.17, 15) is 26.4 Å². The van der Waals surface area contributed by atoms with Gasteiger partial charge in [0.05, 0.1) is 13.0 Å². The number of nitrogens with one attached hydrogen (secondary N) is 1. The van der Waals surface area contributed by atoms with Gasteiger partial charge < -0.3 is 14.5 Å². The zero-order valence-electron chi connectivity index (χ0n) is 18.6. The smallest absolute Gasteiger partial charge is 0.466 e. The number of hydrogen-bond donors (Lipinski definition) is 1. The average molecular weight is 496 g/mol. The summed E-state index contributed by atoms with van der Waals surface area (Å²) in [6.45, 7) is 1.90. The fourth-order valence-corrected chi connectivity index (χ4v) is 5.44. The Kier molecular flexibility index (Phi) is 7.40. The van der Waals surface area contributed by atoms with E-state index in [2.05, 4.69) is 9.72 Å². The Balaban J connectivity index is 2.14. The highest BCUT2D eigenvalue weighted by atomic mass is 32.2. The highest BCUT2D eigenvalue weighted by molar-refractivity contribution is 7.91. The van der Waals surface area contributed by atoms with Gasteiger partial charge in [0, 0.05) is 24.6 Å². The van der Waals surface area contributed by atoms with Crippen molar-refractivity contribution in [2.24, 2.45) is 0 Å². The molecule has 0 saturated heterocycles. The largest absolute Gasteiger partial charge is 0.573 e. The Bertz CT molecular complexity index is 1240. The minimum Gasteiger partial charge on any atom is -0.466 e. The van der Waals surface area contributed by atoms with E-state index in [-0.39, 0.29) is 19.4 Å². The third-order valence-electron chi connectivity index (χ3n) is 5.30. The minimum atomic E-state index is -4.88. The molecule has 1 atom stereocenters. The van der Waals surface area contributed by atoms with Gasteiger partial charge in [0.2, 0.25) is 0 Å². The van der Waals surface area contributed by atoms with Crippen molar-refractivity contribution in [2.45, 2.75) is 30.9 Å². The predicted octanol–water partition coefficient (Wildman–Crippen LogP) is 4.55. The fraction of sp³-hybridized carbons (Fsp3) is 0.292. The minimum absolute atomic E-state index is 0.0544. The number of aromatic nitrogens is 1. The number of carbonyl (C=O) groups excluding carboxylic acids is 1. The molecule has 0 spiro atoms. The van der Waals surface area contributed by atoms with Gasteiger partial charge in [-0.2, -0.15) is 0 Å². The first-order valence-electron chi connectivity index (χ1n) is 10.4. The second-order valence-electron chi connectivity index (χ2n) is 7.74. The van der Waals surface area contributed by atoms with E-state index in [4.69, 9.17) is 4.74 Å². The van der Waals surface area contributed by atoms with Gasteiger partial charge in [0.25, 0.3) is 0 Å². The van der Waals surface area contributed by atoms with Crippen LogP contribution in [0.1, 0.15) is 29.3 Å². The van der Waals surface area contributed by atoms with Crippen LogP contribution < -0.4 is 4.74 Å². The third kappa shape index (κ3) is 5.80. The Morgan fingerprint density at radius 2 is 1.71 bits per heavy atom. The quantitative estimate of drug-likeness (QED) is 0.440. The summed E-state index contributed by atoms with van der Waals surface area (Å²) in [6.07, 6.45) is -2.47. The van der Waals surface area contributed by atoms with Crippen molar-refractivity contribution in [1.82, 2.24) is 4.98 Å². The van der Waals surface area contributed by atoms with Crippen LogP contribution >= 0.6 is 0 Å². The van der Waals surface area contributed by atoms with Gasteiger partial charge >= 0.3 is 12.3 Å². The molecule has 3 aromatic rings. The number of H-pyrrole nitrogens is 1. The zero-order chi connectivity index (χ0) is 25.0. The maximum Gasteiger partial charge on any atom is 0.573 e. The van der Waals surface area contributed by atoms with Crippen LogP contribution in [0.4, 0.5) is 13.2 Å². The Hall–Kier alpha value is -3.27. The normalized spacial score (nSPS) is 13.8. The van der Waals surface area contributed by atoms with E-state index in [0.29, 0.717) is 22.4 Å². The van der Waals surface area contributed by atoms with Crippen molar-refractivity contribution in [2.75, 3.05) is 12.9 Å². The maximum atomic E-state index is 13.4. The van der Waals surface area contributed by atoms with Crippen LogP contribution in [0.5, 0.6) is 5.75 Å². The van der Waals surface area contributed by atoms with Crippen molar-refractivity contribution in [3.05, 3.63) is 89.2 Å². The SMILES string of the molecule is CCOC(=O)Cc1cccc(C(Cc2cccc(OC(F)(F)F)c2)(c2ccc[nH]2)S(C)(=O)=O)c1. The van der Waals surface area contributed by atoms with E-state index in [0.717, 1.165) is 12.3 Å². The van der Waals surface area contributed by atoms with Crippen LogP contribution in [0, 0.1) is 0 Å². The third-order valence-corrected chi connectivity index (χ3v) is 7.16. The summed E-state index contributed by atoms with van der Waals surface area (Å²) in [5.41, 5.74) is 1.56. The van der Waals surface area contributed by atoms with Crippen LogP contribution in [-0.4, -0.2) is 38.6 Å². The molecule has 0 aliphatic carbocycles. The number of benzene rings is 2. The molecule has 6 nitrogen and oxygen atoms in total. The van der Waals surface area contributed by atoms with Crippen molar-refractivity contribution in [1.29, 1.82) is 0 Å². The zero-order valence-corrected chi connectivity index (χ0v) is 19.4. The molecule has 2 aromatic carbocycles. The van der Waals surface area contributed by atoms with Gasteiger partial charge in [0.1, 0.15) is 10.5 Å². The van der Waals surface area contributed by atoms with Crippen LogP contribution in [0.3, 0.4) is 0 Å². The predicted molar refractivity (Wildman–Crippen MR) is 120 cm³/mol. The van der Waals surface area contributed by atoms with E-state index in [1.165, 1.54) is 18.2 Å².